The minimum Gasteiger partial charge on any atom is -0.387 e. The van der Waals surface area contributed by atoms with Crippen LogP contribution < -0.4 is 0 Å². The first-order valence-electron chi connectivity index (χ1n) is 4.21. The molecule has 0 aliphatic heterocycles. The Labute approximate surface area is 103 Å². The molecule has 0 saturated carbocycles. The SMILES string of the molecule is CS(=O)(=O)CC(O)c1c(Cl)ccc(F)c1Cl. The van der Waals surface area contributed by atoms with E-state index in [1.807, 2.05) is 0 Å². The standard InChI is InChI=1S/C9H9Cl2FO3S/c1-16(14,15)4-7(13)8-5(10)2-3-6(12)9(8)11/h2-3,7,13H,4H2,1H3. The molecule has 1 unspecified atom stereocenters. The van der Waals surface area contributed by atoms with Gasteiger partial charge in [0.25, 0.3) is 0 Å². The average Bonchev–Trinajstić information content (AvgIpc) is 2.09. The topological polar surface area (TPSA) is 54.4 Å². The maximum Gasteiger partial charge on any atom is 0.150 e. The highest BCUT2D eigenvalue weighted by molar-refractivity contribution is 7.90. The third-order valence-electron chi connectivity index (χ3n) is 1.87. The highest BCUT2D eigenvalue weighted by Crippen LogP contribution is 2.32. The van der Waals surface area contributed by atoms with Crippen LogP contribution in [0.2, 0.25) is 10.0 Å². The summed E-state index contributed by atoms with van der Waals surface area (Å²) in [6.45, 7) is 0. The quantitative estimate of drug-likeness (QED) is 0.867. The van der Waals surface area contributed by atoms with Crippen molar-refractivity contribution in [1.82, 2.24) is 0 Å². The van der Waals surface area contributed by atoms with Gasteiger partial charge in [-0.2, -0.15) is 0 Å². The van der Waals surface area contributed by atoms with Gasteiger partial charge in [0.05, 0.1) is 16.9 Å². The summed E-state index contributed by atoms with van der Waals surface area (Å²) in [6.07, 6.45) is -0.483. The zero-order chi connectivity index (χ0) is 12.5. The smallest absolute Gasteiger partial charge is 0.150 e. The molecule has 0 aromatic heterocycles. The van der Waals surface area contributed by atoms with Crippen LogP contribution in [0.25, 0.3) is 0 Å². The summed E-state index contributed by atoms with van der Waals surface area (Å²) in [6, 6.07) is 2.25. The highest BCUT2D eigenvalue weighted by Gasteiger charge is 2.22. The summed E-state index contributed by atoms with van der Waals surface area (Å²) < 4.78 is 35.1. The van der Waals surface area contributed by atoms with Crippen LogP contribution in [-0.2, 0) is 9.84 Å². The second-order valence-corrected chi connectivity index (χ2v) is 6.34. The van der Waals surface area contributed by atoms with Crippen molar-refractivity contribution in [2.75, 3.05) is 12.0 Å². The molecule has 0 fully saturated rings. The lowest BCUT2D eigenvalue weighted by Crippen LogP contribution is -2.14. The predicted molar refractivity (Wildman–Crippen MR) is 61.1 cm³/mol. The van der Waals surface area contributed by atoms with Crippen LogP contribution in [0.4, 0.5) is 4.39 Å². The van der Waals surface area contributed by atoms with Gasteiger partial charge < -0.3 is 5.11 Å². The van der Waals surface area contributed by atoms with Crippen LogP contribution in [0.5, 0.6) is 0 Å². The molecule has 0 radical (unpaired) electrons. The van der Waals surface area contributed by atoms with Gasteiger partial charge in [-0.1, -0.05) is 23.2 Å². The van der Waals surface area contributed by atoms with Crippen molar-refractivity contribution in [3.63, 3.8) is 0 Å². The molecule has 0 saturated heterocycles. The molecule has 0 bridgehead atoms. The molecule has 0 aliphatic carbocycles. The first-order chi connectivity index (χ1) is 7.22. The van der Waals surface area contributed by atoms with E-state index >= 15 is 0 Å². The number of hydrogen-bond donors (Lipinski definition) is 1. The molecule has 0 heterocycles. The Hall–Kier alpha value is -0.360. The summed E-state index contributed by atoms with van der Waals surface area (Å²) in [4.78, 5) is 0. The monoisotopic (exact) mass is 286 g/mol. The Morgan fingerprint density at radius 1 is 1.44 bits per heavy atom. The Balaban J connectivity index is 3.18. The number of halogens is 3. The summed E-state index contributed by atoms with van der Waals surface area (Å²) in [5.74, 6) is -1.32. The molecule has 0 amide bonds. The van der Waals surface area contributed by atoms with Gasteiger partial charge in [0.15, 0.2) is 0 Å². The largest absolute Gasteiger partial charge is 0.387 e. The zero-order valence-electron chi connectivity index (χ0n) is 8.25. The lowest BCUT2D eigenvalue weighted by molar-refractivity contribution is 0.201. The van der Waals surface area contributed by atoms with Gasteiger partial charge >= 0.3 is 0 Å². The van der Waals surface area contributed by atoms with Crippen molar-refractivity contribution in [2.24, 2.45) is 0 Å². The number of hydrogen-bond acceptors (Lipinski definition) is 3. The Kier molecular flexibility index (Phi) is 4.17. The minimum atomic E-state index is -3.41. The summed E-state index contributed by atoms with van der Waals surface area (Å²) in [7, 11) is -3.41. The molecular formula is C9H9Cl2FO3S. The number of aliphatic hydroxyl groups excluding tert-OH is 1. The normalized spacial score (nSPS) is 13.8. The Bertz CT molecular complexity index is 502. The van der Waals surface area contributed by atoms with E-state index in [0.29, 0.717) is 0 Å². The molecule has 16 heavy (non-hydrogen) atoms. The lowest BCUT2D eigenvalue weighted by Gasteiger charge is -2.13. The summed E-state index contributed by atoms with van der Waals surface area (Å²) in [5, 5.41) is 9.30. The fourth-order valence-corrected chi connectivity index (χ4v) is 2.58. The second kappa shape index (κ2) is 4.87. The van der Waals surface area contributed by atoms with Crippen LogP contribution in [0.1, 0.15) is 11.7 Å². The maximum absolute atomic E-state index is 13.1. The van der Waals surface area contributed by atoms with Gasteiger partial charge in [-0.15, -0.1) is 0 Å². The fourth-order valence-electron chi connectivity index (χ4n) is 1.22. The maximum atomic E-state index is 13.1. The van der Waals surface area contributed by atoms with Gasteiger partial charge in [0.2, 0.25) is 0 Å². The van der Waals surface area contributed by atoms with Crippen molar-refractivity contribution < 1.29 is 17.9 Å². The van der Waals surface area contributed by atoms with Crippen molar-refractivity contribution in [2.45, 2.75) is 6.10 Å². The lowest BCUT2D eigenvalue weighted by atomic mass is 10.1. The van der Waals surface area contributed by atoms with Crippen molar-refractivity contribution in [1.29, 1.82) is 0 Å². The first kappa shape index (κ1) is 13.7. The Morgan fingerprint density at radius 2 is 2.00 bits per heavy atom. The summed E-state index contributed by atoms with van der Waals surface area (Å²) >= 11 is 11.3. The molecule has 7 heteroatoms. The van der Waals surface area contributed by atoms with Crippen molar-refractivity contribution >= 4 is 33.0 Å². The van der Waals surface area contributed by atoms with Crippen LogP contribution >= 0.6 is 23.2 Å². The number of aliphatic hydroxyl groups is 1. The predicted octanol–water partition coefficient (Wildman–Crippen LogP) is 2.21. The van der Waals surface area contributed by atoms with E-state index < -0.39 is 27.5 Å². The van der Waals surface area contributed by atoms with Gasteiger partial charge in [0.1, 0.15) is 15.7 Å². The Morgan fingerprint density at radius 3 is 2.50 bits per heavy atom. The minimum absolute atomic E-state index is 0.0301. The van der Waals surface area contributed by atoms with Gasteiger partial charge in [-0.25, -0.2) is 12.8 Å². The van der Waals surface area contributed by atoms with E-state index in [9.17, 15) is 17.9 Å². The van der Waals surface area contributed by atoms with Crippen LogP contribution in [0.15, 0.2) is 12.1 Å². The van der Waals surface area contributed by atoms with E-state index in [2.05, 4.69) is 0 Å². The third kappa shape index (κ3) is 3.31. The van der Waals surface area contributed by atoms with E-state index in [0.717, 1.165) is 12.3 Å². The molecule has 3 nitrogen and oxygen atoms in total. The van der Waals surface area contributed by atoms with E-state index in [-0.39, 0.29) is 15.6 Å². The molecule has 1 N–H and O–H groups in total. The van der Waals surface area contributed by atoms with Crippen molar-refractivity contribution in [3.8, 4) is 0 Å². The molecule has 0 spiro atoms. The van der Waals surface area contributed by atoms with Gasteiger partial charge in [-0.3, -0.25) is 0 Å². The number of rotatable bonds is 3. The van der Waals surface area contributed by atoms with Crippen LogP contribution in [0, 0.1) is 5.82 Å². The first-order valence-corrected chi connectivity index (χ1v) is 7.03. The van der Waals surface area contributed by atoms with E-state index in [1.165, 1.54) is 6.07 Å². The van der Waals surface area contributed by atoms with E-state index in [1.54, 1.807) is 0 Å². The average molecular weight is 287 g/mol. The van der Waals surface area contributed by atoms with Crippen molar-refractivity contribution in [3.05, 3.63) is 33.6 Å². The fraction of sp³-hybridized carbons (Fsp3) is 0.333. The number of benzene rings is 1. The molecule has 1 aromatic rings. The molecule has 0 aliphatic rings. The molecular weight excluding hydrogens is 278 g/mol. The molecule has 1 rings (SSSR count). The van der Waals surface area contributed by atoms with Crippen LogP contribution in [0.3, 0.4) is 0 Å². The third-order valence-corrected chi connectivity index (χ3v) is 3.51. The zero-order valence-corrected chi connectivity index (χ0v) is 10.6. The molecule has 90 valence electrons. The van der Waals surface area contributed by atoms with E-state index in [4.69, 9.17) is 23.2 Å². The number of sulfone groups is 1. The highest BCUT2D eigenvalue weighted by atomic mass is 35.5. The summed E-state index contributed by atoms with van der Waals surface area (Å²) in [5.41, 5.74) is -0.103. The van der Waals surface area contributed by atoms with Crippen LogP contribution in [-0.4, -0.2) is 25.5 Å². The second-order valence-electron chi connectivity index (χ2n) is 3.37. The molecule has 1 atom stereocenters. The van der Waals surface area contributed by atoms with Gasteiger partial charge in [-0.05, 0) is 12.1 Å². The van der Waals surface area contributed by atoms with Gasteiger partial charge in [0, 0.05) is 16.8 Å². The molecule has 1 aromatic carbocycles.